The van der Waals surface area contributed by atoms with E-state index in [1.54, 1.807) is 0 Å². The Labute approximate surface area is 183 Å². The molecule has 0 radical (unpaired) electrons. The molecule has 6 rings (SSSR count). The summed E-state index contributed by atoms with van der Waals surface area (Å²) < 4.78 is 3.47. The maximum absolute atomic E-state index is 3.58. The molecular formula is C28H18BrN. The molecule has 1 nitrogen and oxygen atoms in total. The monoisotopic (exact) mass is 447 g/mol. The van der Waals surface area contributed by atoms with Crippen molar-refractivity contribution in [2.75, 3.05) is 0 Å². The normalized spacial score (nSPS) is 11.5. The quantitative estimate of drug-likeness (QED) is 0.251. The first-order chi connectivity index (χ1) is 14.8. The highest BCUT2D eigenvalue weighted by atomic mass is 79.9. The van der Waals surface area contributed by atoms with E-state index in [4.69, 9.17) is 0 Å². The maximum atomic E-state index is 3.58. The molecule has 0 fully saturated rings. The molecule has 0 spiro atoms. The van der Waals surface area contributed by atoms with E-state index in [1.165, 1.54) is 49.4 Å². The molecule has 2 heteroatoms. The fourth-order valence-corrected chi connectivity index (χ4v) is 4.80. The van der Waals surface area contributed by atoms with Gasteiger partial charge in [0, 0.05) is 20.9 Å². The van der Waals surface area contributed by atoms with Crippen LogP contribution in [0.15, 0.2) is 114 Å². The number of para-hydroxylation sites is 1. The van der Waals surface area contributed by atoms with E-state index in [0.29, 0.717) is 0 Å². The van der Waals surface area contributed by atoms with Crippen molar-refractivity contribution in [3.63, 3.8) is 0 Å². The van der Waals surface area contributed by atoms with Gasteiger partial charge in [0.25, 0.3) is 0 Å². The van der Waals surface area contributed by atoms with E-state index in [1.807, 2.05) is 0 Å². The lowest BCUT2D eigenvalue weighted by atomic mass is 10.1. The minimum Gasteiger partial charge on any atom is -0.309 e. The highest BCUT2D eigenvalue weighted by Gasteiger charge is 2.13. The first-order valence-corrected chi connectivity index (χ1v) is 10.9. The lowest BCUT2D eigenvalue weighted by molar-refractivity contribution is 1.18. The van der Waals surface area contributed by atoms with Crippen LogP contribution in [0.25, 0.3) is 49.4 Å². The van der Waals surface area contributed by atoms with E-state index in [2.05, 4.69) is 130 Å². The van der Waals surface area contributed by atoms with E-state index >= 15 is 0 Å². The van der Waals surface area contributed by atoms with E-state index in [9.17, 15) is 0 Å². The topological polar surface area (TPSA) is 4.93 Å². The standard InChI is InChI=1S/C28H18BrN/c29-23-9-5-8-20(16-23)19-12-14-24(15-13-19)30-27-11-4-3-10-25(27)26-17-21-6-1-2-7-22(21)18-28(26)30/h1-18H. The molecule has 5 aromatic carbocycles. The molecule has 0 atom stereocenters. The Kier molecular flexibility index (Phi) is 4.00. The summed E-state index contributed by atoms with van der Waals surface area (Å²) in [5.41, 5.74) is 6.08. The number of fused-ring (bicyclic) bond motifs is 4. The fraction of sp³-hybridized carbons (Fsp3) is 0. The Morgan fingerprint density at radius 1 is 0.500 bits per heavy atom. The molecule has 0 N–H and O–H groups in total. The van der Waals surface area contributed by atoms with Crippen LogP contribution in [0, 0.1) is 0 Å². The summed E-state index contributed by atoms with van der Waals surface area (Å²) in [4.78, 5) is 0. The summed E-state index contributed by atoms with van der Waals surface area (Å²) in [6.07, 6.45) is 0. The smallest absolute Gasteiger partial charge is 0.0547 e. The van der Waals surface area contributed by atoms with Crippen LogP contribution in [0.4, 0.5) is 0 Å². The molecular weight excluding hydrogens is 430 g/mol. The molecule has 1 heterocycles. The lowest BCUT2D eigenvalue weighted by Gasteiger charge is -2.10. The van der Waals surface area contributed by atoms with Crippen molar-refractivity contribution in [3.05, 3.63) is 114 Å². The first kappa shape index (κ1) is 17.5. The largest absolute Gasteiger partial charge is 0.309 e. The Hall–Kier alpha value is -3.36. The molecule has 0 aliphatic heterocycles. The first-order valence-electron chi connectivity index (χ1n) is 10.1. The minimum absolute atomic E-state index is 1.10. The number of halogens is 1. The van der Waals surface area contributed by atoms with Gasteiger partial charge in [-0.3, -0.25) is 0 Å². The van der Waals surface area contributed by atoms with Crippen LogP contribution in [0.5, 0.6) is 0 Å². The van der Waals surface area contributed by atoms with E-state index < -0.39 is 0 Å². The van der Waals surface area contributed by atoms with Gasteiger partial charge in [0.05, 0.1) is 11.0 Å². The fourth-order valence-electron chi connectivity index (χ4n) is 4.40. The van der Waals surface area contributed by atoms with Crippen molar-refractivity contribution < 1.29 is 0 Å². The van der Waals surface area contributed by atoms with Gasteiger partial charge in [0.2, 0.25) is 0 Å². The second kappa shape index (κ2) is 6.86. The van der Waals surface area contributed by atoms with Crippen LogP contribution < -0.4 is 0 Å². The van der Waals surface area contributed by atoms with Gasteiger partial charge >= 0.3 is 0 Å². The average molecular weight is 448 g/mol. The predicted octanol–water partition coefficient (Wildman–Crippen LogP) is 8.37. The van der Waals surface area contributed by atoms with Crippen molar-refractivity contribution in [3.8, 4) is 16.8 Å². The molecule has 0 unspecified atom stereocenters. The van der Waals surface area contributed by atoms with Gasteiger partial charge in [0.1, 0.15) is 0 Å². The Morgan fingerprint density at radius 2 is 1.23 bits per heavy atom. The number of benzene rings is 5. The maximum Gasteiger partial charge on any atom is 0.0547 e. The third-order valence-corrected chi connectivity index (χ3v) is 6.32. The zero-order valence-electron chi connectivity index (χ0n) is 16.2. The van der Waals surface area contributed by atoms with Gasteiger partial charge < -0.3 is 4.57 Å². The Balaban J connectivity index is 1.60. The Bertz CT molecular complexity index is 1540. The molecule has 0 saturated heterocycles. The third kappa shape index (κ3) is 2.76. The summed E-state index contributed by atoms with van der Waals surface area (Å²) in [6, 6.07) is 39.2. The van der Waals surface area contributed by atoms with Crippen molar-refractivity contribution in [1.29, 1.82) is 0 Å². The number of rotatable bonds is 2. The molecule has 0 amide bonds. The number of hydrogen-bond donors (Lipinski definition) is 0. The summed E-state index contributed by atoms with van der Waals surface area (Å²) in [5, 5.41) is 5.12. The van der Waals surface area contributed by atoms with E-state index in [0.717, 1.165) is 4.47 Å². The Morgan fingerprint density at radius 3 is 2.03 bits per heavy atom. The molecule has 30 heavy (non-hydrogen) atoms. The molecule has 0 aliphatic carbocycles. The van der Waals surface area contributed by atoms with Gasteiger partial charge in [-0.15, -0.1) is 0 Å². The summed E-state index contributed by atoms with van der Waals surface area (Å²) in [7, 11) is 0. The van der Waals surface area contributed by atoms with Crippen molar-refractivity contribution >= 4 is 48.5 Å². The van der Waals surface area contributed by atoms with Crippen LogP contribution in [0.2, 0.25) is 0 Å². The predicted molar refractivity (Wildman–Crippen MR) is 131 cm³/mol. The average Bonchev–Trinajstić information content (AvgIpc) is 3.11. The van der Waals surface area contributed by atoms with Gasteiger partial charge in [-0.25, -0.2) is 0 Å². The molecule has 142 valence electrons. The zero-order valence-corrected chi connectivity index (χ0v) is 17.8. The van der Waals surface area contributed by atoms with Crippen molar-refractivity contribution in [2.24, 2.45) is 0 Å². The molecule has 1 aromatic heterocycles. The summed E-state index contributed by atoms with van der Waals surface area (Å²) >= 11 is 3.58. The van der Waals surface area contributed by atoms with Crippen LogP contribution in [-0.4, -0.2) is 4.57 Å². The second-order valence-electron chi connectivity index (χ2n) is 7.63. The molecule has 6 aromatic rings. The van der Waals surface area contributed by atoms with Gasteiger partial charge in [-0.05, 0) is 64.4 Å². The third-order valence-electron chi connectivity index (χ3n) is 5.82. The van der Waals surface area contributed by atoms with Crippen LogP contribution >= 0.6 is 15.9 Å². The van der Waals surface area contributed by atoms with Crippen LogP contribution in [-0.2, 0) is 0 Å². The highest BCUT2D eigenvalue weighted by Crippen LogP contribution is 2.35. The van der Waals surface area contributed by atoms with E-state index in [-0.39, 0.29) is 0 Å². The number of aromatic nitrogens is 1. The zero-order chi connectivity index (χ0) is 20.1. The SMILES string of the molecule is Brc1cccc(-c2ccc(-n3c4ccccc4c4cc5ccccc5cc43)cc2)c1. The van der Waals surface area contributed by atoms with Crippen LogP contribution in [0.3, 0.4) is 0 Å². The summed E-state index contributed by atoms with van der Waals surface area (Å²) in [6.45, 7) is 0. The second-order valence-corrected chi connectivity index (χ2v) is 8.54. The number of nitrogens with zero attached hydrogens (tertiary/aromatic N) is 1. The van der Waals surface area contributed by atoms with Gasteiger partial charge in [0.15, 0.2) is 0 Å². The molecule has 0 bridgehead atoms. The van der Waals surface area contributed by atoms with Gasteiger partial charge in [-0.1, -0.05) is 82.7 Å². The lowest BCUT2D eigenvalue weighted by Crippen LogP contribution is -1.93. The van der Waals surface area contributed by atoms with Crippen molar-refractivity contribution in [2.45, 2.75) is 0 Å². The molecule has 0 aliphatic rings. The molecule has 0 saturated carbocycles. The van der Waals surface area contributed by atoms with Crippen molar-refractivity contribution in [1.82, 2.24) is 4.57 Å². The van der Waals surface area contributed by atoms with Crippen LogP contribution in [0.1, 0.15) is 0 Å². The number of hydrogen-bond acceptors (Lipinski definition) is 0. The highest BCUT2D eigenvalue weighted by molar-refractivity contribution is 9.10. The summed E-state index contributed by atoms with van der Waals surface area (Å²) in [5.74, 6) is 0. The minimum atomic E-state index is 1.10. The van der Waals surface area contributed by atoms with Gasteiger partial charge in [-0.2, -0.15) is 0 Å².